The van der Waals surface area contributed by atoms with Crippen LogP contribution in [0, 0.1) is 11.3 Å². The van der Waals surface area contributed by atoms with Gasteiger partial charge in [0.1, 0.15) is 0 Å². The number of aryl methyl sites for hydroxylation is 1. The first kappa shape index (κ1) is 17.0. The van der Waals surface area contributed by atoms with Crippen LogP contribution in [0.15, 0.2) is 48.7 Å². The smallest absolute Gasteiger partial charge is 0.251 e. The highest BCUT2D eigenvalue weighted by Gasteiger charge is 2.15. The van der Waals surface area contributed by atoms with Crippen molar-refractivity contribution in [2.45, 2.75) is 19.6 Å². The molecular formula is C21H19N5O. The van der Waals surface area contributed by atoms with Crippen molar-refractivity contribution in [3.8, 4) is 17.3 Å². The van der Waals surface area contributed by atoms with Crippen molar-refractivity contribution in [1.82, 2.24) is 20.4 Å². The summed E-state index contributed by atoms with van der Waals surface area (Å²) < 4.78 is 1.73. The van der Waals surface area contributed by atoms with Gasteiger partial charge >= 0.3 is 0 Å². The lowest BCUT2D eigenvalue weighted by atomic mass is 10.1. The first-order valence-corrected chi connectivity index (χ1v) is 8.78. The maximum atomic E-state index is 12.6. The van der Waals surface area contributed by atoms with Crippen LogP contribution in [0.1, 0.15) is 32.6 Å². The minimum absolute atomic E-state index is 0.0978. The molecule has 3 aromatic rings. The summed E-state index contributed by atoms with van der Waals surface area (Å²) in [7, 11) is 1.85. The zero-order valence-electron chi connectivity index (χ0n) is 15.0. The first-order valence-electron chi connectivity index (χ1n) is 8.78. The number of nitrogens with one attached hydrogen (secondary N) is 2. The van der Waals surface area contributed by atoms with E-state index in [0.717, 1.165) is 29.9 Å². The molecule has 0 saturated heterocycles. The summed E-state index contributed by atoms with van der Waals surface area (Å²) in [6.07, 6.45) is 1.90. The van der Waals surface area contributed by atoms with E-state index in [1.807, 2.05) is 43.6 Å². The van der Waals surface area contributed by atoms with Gasteiger partial charge in [0.05, 0.1) is 17.3 Å². The minimum atomic E-state index is -0.0978. The van der Waals surface area contributed by atoms with Gasteiger partial charge in [0.2, 0.25) is 0 Å². The van der Waals surface area contributed by atoms with E-state index in [0.29, 0.717) is 17.7 Å². The first-order chi connectivity index (χ1) is 13.1. The third-order valence-electron chi connectivity index (χ3n) is 4.73. The molecule has 134 valence electrons. The van der Waals surface area contributed by atoms with Gasteiger partial charge in [0.25, 0.3) is 5.91 Å². The third kappa shape index (κ3) is 3.46. The summed E-state index contributed by atoms with van der Waals surface area (Å²) in [5.74, 6) is -0.0978. The van der Waals surface area contributed by atoms with Crippen molar-refractivity contribution in [3.05, 3.63) is 76.5 Å². The highest BCUT2D eigenvalue weighted by molar-refractivity contribution is 5.94. The molecule has 27 heavy (non-hydrogen) atoms. The number of benzene rings is 2. The number of rotatable bonds is 4. The average molecular weight is 357 g/mol. The Bertz CT molecular complexity index is 1040. The Hall–Kier alpha value is -3.43. The number of carbonyl (C=O) groups is 1. The minimum Gasteiger partial charge on any atom is -0.348 e. The van der Waals surface area contributed by atoms with Gasteiger partial charge in [-0.25, -0.2) is 0 Å². The Balaban J connectivity index is 1.51. The molecule has 0 aliphatic carbocycles. The number of nitrogens with zero attached hydrogens (tertiary/aromatic N) is 3. The summed E-state index contributed by atoms with van der Waals surface area (Å²) >= 11 is 0. The fourth-order valence-electron chi connectivity index (χ4n) is 3.33. The number of fused-ring (bicyclic) bond motifs is 1. The van der Waals surface area contributed by atoms with Gasteiger partial charge in [0.15, 0.2) is 0 Å². The van der Waals surface area contributed by atoms with Crippen molar-refractivity contribution in [1.29, 1.82) is 5.26 Å². The molecule has 1 aliphatic heterocycles. The summed E-state index contributed by atoms with van der Waals surface area (Å²) in [5, 5.41) is 19.7. The molecule has 0 fully saturated rings. The number of hydrogen-bond donors (Lipinski definition) is 2. The predicted octanol–water partition coefficient (Wildman–Crippen LogP) is 2.49. The predicted molar refractivity (Wildman–Crippen MR) is 102 cm³/mol. The van der Waals surface area contributed by atoms with E-state index in [1.54, 1.807) is 16.8 Å². The molecule has 1 aliphatic rings. The largest absolute Gasteiger partial charge is 0.348 e. The van der Waals surface area contributed by atoms with Gasteiger partial charge < -0.3 is 10.6 Å². The van der Waals surface area contributed by atoms with E-state index < -0.39 is 0 Å². The van der Waals surface area contributed by atoms with E-state index in [-0.39, 0.29) is 5.91 Å². The SMILES string of the molecule is Cn1cc(CNC(=O)c2ccc3c(c2)CNC3)c(-c2ccc(C#N)cc2)n1. The molecule has 0 radical (unpaired) electrons. The summed E-state index contributed by atoms with van der Waals surface area (Å²) in [4.78, 5) is 12.6. The Labute approximate surface area is 157 Å². The Morgan fingerprint density at radius 2 is 2.00 bits per heavy atom. The molecule has 0 bridgehead atoms. The third-order valence-corrected chi connectivity index (χ3v) is 4.73. The highest BCUT2D eigenvalue weighted by Crippen LogP contribution is 2.23. The van der Waals surface area contributed by atoms with Gasteiger partial charge in [-0.2, -0.15) is 10.4 Å². The van der Waals surface area contributed by atoms with E-state index in [4.69, 9.17) is 5.26 Å². The Kier molecular flexibility index (Phi) is 4.45. The number of aromatic nitrogens is 2. The molecule has 6 nitrogen and oxygen atoms in total. The Morgan fingerprint density at radius 1 is 1.22 bits per heavy atom. The number of nitriles is 1. The summed E-state index contributed by atoms with van der Waals surface area (Å²) in [6, 6.07) is 15.2. The summed E-state index contributed by atoms with van der Waals surface area (Å²) in [6.45, 7) is 2.06. The second kappa shape index (κ2) is 7.06. The topological polar surface area (TPSA) is 82.7 Å². The van der Waals surface area contributed by atoms with Crippen LogP contribution in [0.25, 0.3) is 11.3 Å². The van der Waals surface area contributed by atoms with Crippen molar-refractivity contribution in [3.63, 3.8) is 0 Å². The van der Waals surface area contributed by atoms with Crippen LogP contribution < -0.4 is 10.6 Å². The maximum Gasteiger partial charge on any atom is 0.251 e. The van der Waals surface area contributed by atoms with Gasteiger partial charge in [-0.1, -0.05) is 18.2 Å². The second-order valence-electron chi connectivity index (χ2n) is 6.64. The zero-order chi connectivity index (χ0) is 18.8. The lowest BCUT2D eigenvalue weighted by Crippen LogP contribution is -2.23. The fraction of sp³-hybridized carbons (Fsp3) is 0.190. The van der Waals surface area contributed by atoms with Crippen LogP contribution in [0.4, 0.5) is 0 Å². The molecule has 6 heteroatoms. The monoisotopic (exact) mass is 357 g/mol. The van der Waals surface area contributed by atoms with E-state index in [9.17, 15) is 4.79 Å². The molecule has 2 heterocycles. The maximum absolute atomic E-state index is 12.6. The van der Waals surface area contributed by atoms with Crippen molar-refractivity contribution in [2.24, 2.45) is 7.05 Å². The number of amides is 1. The molecule has 2 N–H and O–H groups in total. The molecular weight excluding hydrogens is 338 g/mol. The normalized spacial score (nSPS) is 12.4. The lowest BCUT2D eigenvalue weighted by Gasteiger charge is -2.07. The van der Waals surface area contributed by atoms with Gasteiger partial charge in [-0.3, -0.25) is 9.48 Å². The molecule has 2 aromatic carbocycles. The fourth-order valence-corrected chi connectivity index (χ4v) is 3.33. The van der Waals surface area contributed by atoms with Crippen LogP contribution in [0.2, 0.25) is 0 Å². The van der Waals surface area contributed by atoms with Crippen LogP contribution in [-0.2, 0) is 26.7 Å². The van der Waals surface area contributed by atoms with Gasteiger partial charge in [-0.05, 0) is 35.4 Å². The van der Waals surface area contributed by atoms with E-state index >= 15 is 0 Å². The molecule has 4 rings (SSSR count). The average Bonchev–Trinajstić information content (AvgIpc) is 3.31. The summed E-state index contributed by atoms with van der Waals surface area (Å²) in [5.41, 5.74) is 6.36. The van der Waals surface area contributed by atoms with Crippen molar-refractivity contribution < 1.29 is 4.79 Å². The lowest BCUT2D eigenvalue weighted by molar-refractivity contribution is 0.0951. The molecule has 1 aromatic heterocycles. The van der Waals surface area contributed by atoms with Crippen LogP contribution >= 0.6 is 0 Å². The Morgan fingerprint density at radius 3 is 2.78 bits per heavy atom. The van der Waals surface area contributed by atoms with Crippen LogP contribution in [-0.4, -0.2) is 15.7 Å². The zero-order valence-corrected chi connectivity index (χ0v) is 15.0. The van der Waals surface area contributed by atoms with Gasteiger partial charge in [0, 0.05) is 49.6 Å². The van der Waals surface area contributed by atoms with Crippen molar-refractivity contribution >= 4 is 5.91 Å². The molecule has 0 unspecified atom stereocenters. The quantitative estimate of drug-likeness (QED) is 0.751. The molecule has 1 amide bonds. The second-order valence-corrected chi connectivity index (χ2v) is 6.64. The van der Waals surface area contributed by atoms with Crippen molar-refractivity contribution in [2.75, 3.05) is 0 Å². The van der Waals surface area contributed by atoms with Gasteiger partial charge in [-0.15, -0.1) is 0 Å². The van der Waals surface area contributed by atoms with E-state index in [2.05, 4.69) is 21.8 Å². The highest BCUT2D eigenvalue weighted by atomic mass is 16.1. The van der Waals surface area contributed by atoms with Crippen LogP contribution in [0.3, 0.4) is 0 Å². The molecule has 0 spiro atoms. The van der Waals surface area contributed by atoms with E-state index in [1.165, 1.54) is 11.1 Å². The van der Waals surface area contributed by atoms with Crippen LogP contribution in [0.5, 0.6) is 0 Å². The standard InChI is InChI=1S/C21H19N5O/c1-26-13-19(20(25-26)15-4-2-14(9-22)3-5-15)12-24-21(27)16-6-7-17-10-23-11-18(17)8-16/h2-8,13,23H,10-12H2,1H3,(H,24,27). The number of hydrogen-bond acceptors (Lipinski definition) is 4. The molecule has 0 atom stereocenters. The molecule has 0 saturated carbocycles. The number of carbonyl (C=O) groups excluding carboxylic acids is 1.